The Morgan fingerprint density at radius 3 is 2.69 bits per heavy atom. The van der Waals surface area contributed by atoms with E-state index < -0.39 is 0 Å². The van der Waals surface area contributed by atoms with E-state index in [4.69, 9.17) is 0 Å². The number of hydrogen-bond acceptors (Lipinski definition) is 1. The van der Waals surface area contributed by atoms with Crippen LogP contribution < -0.4 is 3.53 Å². The summed E-state index contributed by atoms with van der Waals surface area (Å²) in [6, 6.07) is 10.2. The highest BCUT2D eigenvalue weighted by molar-refractivity contribution is 14.1. The molecule has 1 aromatic rings. The third-order valence-electron chi connectivity index (χ3n) is 2.45. The highest BCUT2D eigenvalue weighted by Crippen LogP contribution is 2.47. The number of carbonyl (C=O) groups excluding carboxylic acids is 1. The van der Waals surface area contributed by atoms with Crippen molar-refractivity contribution in [1.82, 2.24) is 3.53 Å². The van der Waals surface area contributed by atoms with Crippen LogP contribution in [0.5, 0.6) is 0 Å². The van der Waals surface area contributed by atoms with Crippen molar-refractivity contribution >= 4 is 28.8 Å². The molecular weight excluding hydrogens is 277 g/mol. The SMILES string of the molecule is O=C(NI)C1CC1c1ccccc1. The van der Waals surface area contributed by atoms with E-state index >= 15 is 0 Å². The molecule has 0 heterocycles. The van der Waals surface area contributed by atoms with Gasteiger partial charge in [-0.15, -0.1) is 0 Å². The minimum absolute atomic E-state index is 0.162. The Bertz CT molecular complexity index is 312. The molecule has 0 spiro atoms. The van der Waals surface area contributed by atoms with E-state index in [-0.39, 0.29) is 11.8 Å². The van der Waals surface area contributed by atoms with Crippen LogP contribution in [0, 0.1) is 5.92 Å². The molecule has 1 amide bonds. The van der Waals surface area contributed by atoms with Crippen LogP contribution in [0.4, 0.5) is 0 Å². The lowest BCUT2D eigenvalue weighted by Crippen LogP contribution is -2.14. The maximum atomic E-state index is 11.2. The maximum Gasteiger partial charge on any atom is 0.232 e. The standard InChI is InChI=1S/C10H10INO/c11-12-10(13)9-6-8(9)7-4-2-1-3-5-7/h1-5,8-9H,6H2,(H,12,13). The van der Waals surface area contributed by atoms with Gasteiger partial charge in [0.05, 0.1) is 22.9 Å². The Labute approximate surface area is 91.2 Å². The van der Waals surface area contributed by atoms with E-state index in [1.54, 1.807) is 0 Å². The molecule has 0 aromatic heterocycles. The molecule has 0 radical (unpaired) electrons. The van der Waals surface area contributed by atoms with Gasteiger partial charge in [0.1, 0.15) is 0 Å². The molecule has 0 aliphatic heterocycles. The molecule has 2 unspecified atom stereocenters. The molecule has 1 aliphatic rings. The number of benzene rings is 1. The largest absolute Gasteiger partial charge is 0.299 e. The first-order chi connectivity index (χ1) is 6.33. The molecule has 1 N–H and O–H groups in total. The lowest BCUT2D eigenvalue weighted by Gasteiger charge is -1.97. The molecule has 1 aliphatic carbocycles. The van der Waals surface area contributed by atoms with Crippen molar-refractivity contribution in [3.63, 3.8) is 0 Å². The molecule has 68 valence electrons. The molecule has 2 rings (SSSR count). The van der Waals surface area contributed by atoms with Crippen LogP contribution in [0.25, 0.3) is 0 Å². The Hall–Kier alpha value is -0.580. The summed E-state index contributed by atoms with van der Waals surface area (Å²) in [5.41, 5.74) is 1.28. The van der Waals surface area contributed by atoms with E-state index in [2.05, 4.69) is 15.7 Å². The van der Waals surface area contributed by atoms with Gasteiger partial charge in [-0.05, 0) is 17.9 Å². The van der Waals surface area contributed by atoms with Gasteiger partial charge in [0.15, 0.2) is 0 Å². The van der Waals surface area contributed by atoms with Crippen LogP contribution in [0.3, 0.4) is 0 Å². The Morgan fingerprint density at radius 2 is 2.08 bits per heavy atom. The number of rotatable bonds is 2. The maximum absolute atomic E-state index is 11.2. The third kappa shape index (κ3) is 1.85. The van der Waals surface area contributed by atoms with E-state index in [9.17, 15) is 4.79 Å². The number of nitrogens with one attached hydrogen (secondary N) is 1. The first kappa shape index (κ1) is 8.99. The molecule has 0 bridgehead atoms. The van der Waals surface area contributed by atoms with Crippen molar-refractivity contribution < 1.29 is 4.79 Å². The summed E-state index contributed by atoms with van der Waals surface area (Å²) >= 11 is 1.90. The first-order valence-corrected chi connectivity index (χ1v) is 5.36. The van der Waals surface area contributed by atoms with Crippen LogP contribution in [-0.4, -0.2) is 5.91 Å². The molecule has 0 saturated heterocycles. The van der Waals surface area contributed by atoms with Gasteiger partial charge in [0, 0.05) is 5.92 Å². The van der Waals surface area contributed by atoms with Gasteiger partial charge in [0.2, 0.25) is 5.91 Å². The summed E-state index contributed by atoms with van der Waals surface area (Å²) < 4.78 is 2.66. The Balaban J connectivity index is 2.04. The number of hydrogen-bond donors (Lipinski definition) is 1. The van der Waals surface area contributed by atoms with Gasteiger partial charge in [-0.3, -0.25) is 8.32 Å². The zero-order chi connectivity index (χ0) is 9.26. The summed E-state index contributed by atoms with van der Waals surface area (Å²) in [4.78, 5) is 11.2. The Kier molecular flexibility index (Phi) is 2.53. The van der Waals surface area contributed by atoms with E-state index in [0.717, 1.165) is 6.42 Å². The van der Waals surface area contributed by atoms with Crippen LogP contribution in [0.1, 0.15) is 17.9 Å². The van der Waals surface area contributed by atoms with E-state index in [1.165, 1.54) is 5.56 Å². The zero-order valence-corrected chi connectivity index (χ0v) is 9.19. The predicted octanol–water partition coefficient (Wildman–Crippen LogP) is 2.26. The summed E-state index contributed by atoms with van der Waals surface area (Å²) in [7, 11) is 0. The van der Waals surface area contributed by atoms with Crippen molar-refractivity contribution in [2.24, 2.45) is 5.92 Å². The molecule has 2 nitrogen and oxygen atoms in total. The Morgan fingerprint density at radius 1 is 1.38 bits per heavy atom. The van der Waals surface area contributed by atoms with Crippen LogP contribution in [-0.2, 0) is 4.79 Å². The van der Waals surface area contributed by atoms with Gasteiger partial charge in [0.25, 0.3) is 0 Å². The van der Waals surface area contributed by atoms with E-state index in [1.807, 2.05) is 41.1 Å². The lowest BCUT2D eigenvalue weighted by molar-refractivity contribution is -0.120. The van der Waals surface area contributed by atoms with E-state index in [0.29, 0.717) is 5.92 Å². The average Bonchev–Trinajstić information content (AvgIpc) is 2.98. The highest BCUT2D eigenvalue weighted by Gasteiger charge is 2.43. The fourth-order valence-electron chi connectivity index (χ4n) is 1.62. The molecular formula is C10H10INO. The minimum Gasteiger partial charge on any atom is -0.299 e. The summed E-state index contributed by atoms with van der Waals surface area (Å²) in [6.45, 7) is 0. The molecule has 1 aromatic carbocycles. The van der Waals surface area contributed by atoms with Crippen molar-refractivity contribution in [2.75, 3.05) is 0 Å². The van der Waals surface area contributed by atoms with Gasteiger partial charge in [-0.25, -0.2) is 0 Å². The lowest BCUT2D eigenvalue weighted by atomic mass is 10.1. The van der Waals surface area contributed by atoms with Gasteiger partial charge >= 0.3 is 0 Å². The molecule has 13 heavy (non-hydrogen) atoms. The van der Waals surface area contributed by atoms with Gasteiger partial charge in [-0.1, -0.05) is 30.3 Å². The topological polar surface area (TPSA) is 29.1 Å². The van der Waals surface area contributed by atoms with Crippen LogP contribution >= 0.6 is 22.9 Å². The van der Waals surface area contributed by atoms with Crippen LogP contribution in [0.2, 0.25) is 0 Å². The minimum atomic E-state index is 0.162. The summed E-state index contributed by atoms with van der Waals surface area (Å²) in [6.07, 6.45) is 0.999. The van der Waals surface area contributed by atoms with Crippen molar-refractivity contribution in [1.29, 1.82) is 0 Å². The third-order valence-corrected chi connectivity index (χ3v) is 2.98. The average molecular weight is 287 g/mol. The first-order valence-electron chi connectivity index (χ1n) is 4.28. The molecule has 1 fully saturated rings. The second-order valence-corrected chi connectivity index (χ2v) is 3.86. The number of amides is 1. The highest BCUT2D eigenvalue weighted by atomic mass is 127. The van der Waals surface area contributed by atoms with Crippen molar-refractivity contribution in [2.45, 2.75) is 12.3 Å². The molecule has 3 heteroatoms. The quantitative estimate of drug-likeness (QED) is 0.656. The summed E-state index contributed by atoms with van der Waals surface area (Å²) in [5.74, 6) is 0.824. The van der Waals surface area contributed by atoms with Gasteiger partial charge < -0.3 is 0 Å². The summed E-state index contributed by atoms with van der Waals surface area (Å²) in [5, 5.41) is 0. The molecule has 2 atom stereocenters. The van der Waals surface area contributed by atoms with Gasteiger partial charge in [-0.2, -0.15) is 0 Å². The normalized spacial score (nSPS) is 25.3. The number of carbonyl (C=O) groups is 1. The second kappa shape index (κ2) is 3.65. The van der Waals surface area contributed by atoms with Crippen molar-refractivity contribution in [3.8, 4) is 0 Å². The predicted molar refractivity (Wildman–Crippen MR) is 59.5 cm³/mol. The zero-order valence-electron chi connectivity index (χ0n) is 7.03. The van der Waals surface area contributed by atoms with Crippen molar-refractivity contribution in [3.05, 3.63) is 35.9 Å². The smallest absolute Gasteiger partial charge is 0.232 e. The molecule has 1 saturated carbocycles. The van der Waals surface area contributed by atoms with Crippen LogP contribution in [0.15, 0.2) is 30.3 Å². The monoisotopic (exact) mass is 287 g/mol. The fourth-order valence-corrected chi connectivity index (χ4v) is 2.02. The fraction of sp³-hybridized carbons (Fsp3) is 0.300. The second-order valence-electron chi connectivity index (χ2n) is 3.32. The number of halogens is 1.